The largest absolute Gasteiger partial charge is 0.497 e. The molecule has 1 atom stereocenters. The summed E-state index contributed by atoms with van der Waals surface area (Å²) in [6, 6.07) is 21.5. The predicted octanol–water partition coefficient (Wildman–Crippen LogP) is 6.39. The number of nitro benzene ring substituents is 1. The number of nitrogens with zero attached hydrogens (tertiary/aromatic N) is 1. The fraction of sp³-hybridized carbons (Fsp3) is 0.231. The Morgan fingerprint density at radius 3 is 1.74 bits per heavy atom. The molecule has 1 amide bonds. The average Bonchev–Trinajstić information content (AvgIpc) is 3.18. The summed E-state index contributed by atoms with van der Waals surface area (Å²) < 4.78 is 56.9. The summed E-state index contributed by atoms with van der Waals surface area (Å²) in [5.41, 5.74) is 1.13. The number of alkyl halides is 3. The number of aromatic carboxylic acids is 2. The Hall–Kier alpha value is -7.62. The third kappa shape index (κ3) is 19.6. The first-order valence-corrected chi connectivity index (χ1v) is 17.0. The number of carboxylic acid groups (broad SMARTS) is 5. The number of methoxy groups -OCH3 is 2. The standard InChI is InChI=1S/C14H10O4.C11H11FN2O5.C10H12O4.C4H5F3O3/c15-13(16)11-7-6-10(8-12(11)14(17)18)9-4-2-1-3-5-9;12-8-5-4-7(6-9(8)14(18)19)13-10(15)2-1-3-11(16)17;1-13-8-3-7(5-10(11)12)4-9(6-8)14-2;5-4(6,7)2(8)1-3(9)10/h1-8H,(H,15,16)(H,17,18);4-6H,1-3H2,(H,13,15)(H,16,17);3-4,6H,5H2,1-2H3,(H,11,12);2,8H,1H2,(H,9,10). The van der Waals surface area contributed by atoms with Crippen LogP contribution in [0.2, 0.25) is 0 Å². The van der Waals surface area contributed by atoms with E-state index in [-0.39, 0.29) is 42.5 Å². The summed E-state index contributed by atoms with van der Waals surface area (Å²) >= 11 is 0. The van der Waals surface area contributed by atoms with Crippen LogP contribution in [0.1, 0.15) is 52.0 Å². The van der Waals surface area contributed by atoms with Gasteiger partial charge in [0.2, 0.25) is 11.7 Å². The topological polar surface area (TPSA) is 297 Å². The lowest BCUT2D eigenvalue weighted by Gasteiger charge is -2.10. The Morgan fingerprint density at radius 1 is 0.721 bits per heavy atom. The van der Waals surface area contributed by atoms with Crippen molar-refractivity contribution >= 4 is 47.1 Å². The number of hydrogen-bond acceptors (Lipinski definition) is 11. The van der Waals surface area contributed by atoms with Crippen LogP contribution >= 0.6 is 0 Å². The van der Waals surface area contributed by atoms with Crippen LogP contribution in [0, 0.1) is 15.9 Å². The molecule has 0 aliphatic carbocycles. The van der Waals surface area contributed by atoms with Gasteiger partial charge < -0.3 is 45.4 Å². The lowest BCUT2D eigenvalue weighted by atomic mass is 9.99. The Labute approximate surface area is 342 Å². The maximum absolute atomic E-state index is 13.0. The number of carbonyl (C=O) groups is 6. The number of ether oxygens (including phenoxy) is 2. The van der Waals surface area contributed by atoms with E-state index < -0.39 is 70.9 Å². The van der Waals surface area contributed by atoms with Gasteiger partial charge in [0.1, 0.15) is 11.5 Å². The van der Waals surface area contributed by atoms with Crippen molar-refractivity contribution in [3.05, 3.63) is 118 Å². The molecule has 0 aliphatic heterocycles. The van der Waals surface area contributed by atoms with Crippen molar-refractivity contribution in [2.45, 2.75) is 44.4 Å². The zero-order valence-corrected chi connectivity index (χ0v) is 31.9. The van der Waals surface area contributed by atoms with Crippen LogP contribution in [0.15, 0.2) is 84.9 Å². The Bertz CT molecular complexity index is 2140. The minimum atomic E-state index is -4.83. The normalized spacial score (nSPS) is 10.7. The Kier molecular flexibility index (Phi) is 21.1. The fourth-order valence-electron chi connectivity index (χ4n) is 4.50. The highest BCUT2D eigenvalue weighted by molar-refractivity contribution is 6.02. The lowest BCUT2D eigenvalue weighted by molar-refractivity contribution is -0.387. The third-order valence-electron chi connectivity index (χ3n) is 7.32. The van der Waals surface area contributed by atoms with Crippen molar-refractivity contribution in [2.75, 3.05) is 19.5 Å². The molecule has 0 bridgehead atoms. The van der Waals surface area contributed by atoms with Gasteiger partial charge in [-0.1, -0.05) is 36.4 Å². The number of carbonyl (C=O) groups excluding carboxylic acids is 1. The molecule has 0 aliphatic rings. The number of rotatable bonds is 15. The molecule has 61 heavy (non-hydrogen) atoms. The molecule has 4 aromatic carbocycles. The van der Waals surface area contributed by atoms with Gasteiger partial charge in [0.25, 0.3) is 0 Å². The second-order valence-corrected chi connectivity index (χ2v) is 11.9. The van der Waals surface area contributed by atoms with E-state index in [1.54, 1.807) is 24.3 Å². The lowest BCUT2D eigenvalue weighted by Crippen LogP contribution is -2.30. The number of amides is 1. The van der Waals surface area contributed by atoms with Gasteiger partial charge in [-0.25, -0.2) is 9.59 Å². The van der Waals surface area contributed by atoms with Crippen LogP contribution in [0.5, 0.6) is 11.5 Å². The number of nitrogens with one attached hydrogen (secondary N) is 1. The van der Waals surface area contributed by atoms with Crippen LogP contribution in [0.4, 0.5) is 28.9 Å². The van der Waals surface area contributed by atoms with Crippen molar-refractivity contribution in [1.29, 1.82) is 0 Å². The van der Waals surface area contributed by atoms with Gasteiger partial charge in [0.15, 0.2) is 6.10 Å². The van der Waals surface area contributed by atoms with E-state index in [9.17, 15) is 56.4 Å². The van der Waals surface area contributed by atoms with E-state index in [1.165, 1.54) is 32.4 Å². The molecule has 0 saturated carbocycles. The highest BCUT2D eigenvalue weighted by atomic mass is 19.4. The Morgan fingerprint density at radius 2 is 1.30 bits per heavy atom. The van der Waals surface area contributed by atoms with Crippen LogP contribution in [0.25, 0.3) is 11.1 Å². The zero-order chi connectivity index (χ0) is 46.4. The molecule has 0 heterocycles. The second-order valence-electron chi connectivity index (χ2n) is 11.9. The molecule has 18 nitrogen and oxygen atoms in total. The number of aliphatic carboxylic acids is 3. The summed E-state index contributed by atoms with van der Waals surface area (Å²) in [4.78, 5) is 73.3. The van der Waals surface area contributed by atoms with Crippen molar-refractivity contribution in [1.82, 2.24) is 0 Å². The summed E-state index contributed by atoms with van der Waals surface area (Å²) in [5.74, 6) is -6.33. The third-order valence-corrected chi connectivity index (χ3v) is 7.32. The summed E-state index contributed by atoms with van der Waals surface area (Å²) in [7, 11) is 3.05. The number of halogens is 4. The number of aliphatic hydroxyl groups excluding tert-OH is 1. The molecule has 0 spiro atoms. The van der Waals surface area contributed by atoms with Crippen molar-refractivity contribution in [3.63, 3.8) is 0 Å². The monoisotopic (exact) mass is 866 g/mol. The molecule has 7 N–H and O–H groups in total. The molecule has 4 rings (SSSR count). The summed E-state index contributed by atoms with van der Waals surface area (Å²) in [6.45, 7) is 0. The number of benzene rings is 4. The van der Waals surface area contributed by atoms with E-state index in [1.807, 2.05) is 30.3 Å². The molecule has 328 valence electrons. The van der Waals surface area contributed by atoms with Crippen LogP contribution in [-0.4, -0.2) is 97.8 Å². The van der Waals surface area contributed by atoms with Gasteiger partial charge in [-0.15, -0.1) is 0 Å². The van der Waals surface area contributed by atoms with Crippen molar-refractivity contribution < 1.29 is 91.4 Å². The van der Waals surface area contributed by atoms with Crippen LogP contribution in [0.3, 0.4) is 0 Å². The molecular formula is C39H38F4N2O16. The van der Waals surface area contributed by atoms with E-state index in [0.717, 1.165) is 17.7 Å². The van der Waals surface area contributed by atoms with Gasteiger partial charge in [-0.3, -0.25) is 29.3 Å². The number of hydrogen-bond donors (Lipinski definition) is 7. The van der Waals surface area contributed by atoms with Crippen molar-refractivity contribution in [3.8, 4) is 22.6 Å². The minimum Gasteiger partial charge on any atom is -0.497 e. The summed E-state index contributed by atoms with van der Waals surface area (Å²) in [5, 5.41) is 63.6. The zero-order valence-electron chi connectivity index (χ0n) is 31.9. The highest BCUT2D eigenvalue weighted by Crippen LogP contribution is 2.25. The van der Waals surface area contributed by atoms with Gasteiger partial charge in [0.05, 0.1) is 43.1 Å². The van der Waals surface area contributed by atoms with Gasteiger partial charge >= 0.3 is 41.7 Å². The van der Waals surface area contributed by atoms with E-state index >= 15 is 0 Å². The molecule has 0 fully saturated rings. The molecule has 0 radical (unpaired) electrons. The van der Waals surface area contributed by atoms with E-state index in [4.69, 9.17) is 40.1 Å². The molecule has 22 heteroatoms. The first kappa shape index (κ1) is 51.4. The van der Waals surface area contributed by atoms with Crippen molar-refractivity contribution in [2.24, 2.45) is 0 Å². The van der Waals surface area contributed by atoms with Gasteiger partial charge in [-0.05, 0) is 59.5 Å². The quantitative estimate of drug-likeness (QED) is 0.0387. The van der Waals surface area contributed by atoms with E-state index in [0.29, 0.717) is 22.6 Å². The molecule has 0 saturated heterocycles. The van der Waals surface area contributed by atoms with Crippen LogP contribution < -0.4 is 14.8 Å². The van der Waals surface area contributed by atoms with Gasteiger partial charge in [-0.2, -0.15) is 17.6 Å². The number of carboxylic acids is 5. The average molecular weight is 867 g/mol. The highest BCUT2D eigenvalue weighted by Gasteiger charge is 2.39. The molecular weight excluding hydrogens is 828 g/mol. The molecule has 4 aromatic rings. The van der Waals surface area contributed by atoms with Gasteiger partial charge in [0, 0.05) is 30.7 Å². The van der Waals surface area contributed by atoms with E-state index in [2.05, 4.69) is 5.32 Å². The van der Waals surface area contributed by atoms with Crippen LogP contribution in [-0.2, 0) is 25.6 Å². The first-order valence-electron chi connectivity index (χ1n) is 17.0. The maximum atomic E-state index is 13.0. The smallest absolute Gasteiger partial charge is 0.414 e. The minimum absolute atomic E-state index is 0.0303. The second kappa shape index (κ2) is 25.0. The number of nitro groups is 1. The maximum Gasteiger partial charge on any atom is 0.414 e. The number of aliphatic hydroxyl groups is 1. The number of anilines is 1. The molecule has 0 aromatic heterocycles. The Balaban J connectivity index is 0.000000417. The fourth-order valence-corrected chi connectivity index (χ4v) is 4.50. The predicted molar refractivity (Wildman–Crippen MR) is 204 cm³/mol. The molecule has 1 unspecified atom stereocenters. The summed E-state index contributed by atoms with van der Waals surface area (Å²) in [6.07, 6.45) is -8.95. The SMILES string of the molecule is COc1cc(CC(=O)O)cc(OC)c1.O=C(O)CC(O)C(F)(F)F.O=C(O)CCCC(=O)Nc1ccc(F)c([N+](=O)[O-])c1.O=C(O)c1ccc(-c2ccccc2)cc1C(=O)O. The first-order chi connectivity index (χ1) is 28.5.